The third-order valence-corrected chi connectivity index (χ3v) is 4.68. The van der Waals surface area contributed by atoms with Crippen LogP contribution in [0.5, 0.6) is 0 Å². The van der Waals surface area contributed by atoms with E-state index in [0.29, 0.717) is 18.4 Å². The van der Waals surface area contributed by atoms with E-state index in [2.05, 4.69) is 24.2 Å². The van der Waals surface area contributed by atoms with Crippen molar-refractivity contribution in [1.29, 1.82) is 0 Å². The van der Waals surface area contributed by atoms with Gasteiger partial charge in [0.15, 0.2) is 0 Å². The van der Waals surface area contributed by atoms with Crippen LogP contribution in [-0.4, -0.2) is 61.5 Å². The molecule has 2 fully saturated rings. The molecule has 1 heterocycles. The van der Waals surface area contributed by atoms with Crippen molar-refractivity contribution in [2.75, 3.05) is 39.8 Å². The third-order valence-electron chi connectivity index (χ3n) is 4.68. The number of piperazine rings is 1. The molecule has 0 radical (unpaired) electrons. The first-order valence-electron chi connectivity index (χ1n) is 7.85. The van der Waals surface area contributed by atoms with Gasteiger partial charge in [-0.05, 0) is 25.8 Å². The summed E-state index contributed by atoms with van der Waals surface area (Å²) in [5.41, 5.74) is 0. The smallest absolute Gasteiger partial charge is 0.223 e. The number of nitrogens with zero attached hydrogens (tertiary/aromatic N) is 2. The average molecular weight is 267 g/mol. The van der Waals surface area contributed by atoms with Gasteiger partial charge in [-0.1, -0.05) is 19.8 Å². The maximum absolute atomic E-state index is 12.1. The van der Waals surface area contributed by atoms with E-state index in [4.69, 9.17) is 0 Å². The van der Waals surface area contributed by atoms with E-state index in [1.54, 1.807) is 0 Å². The highest BCUT2D eigenvalue weighted by Gasteiger charge is 2.23. The predicted octanol–water partition coefficient (Wildman–Crippen LogP) is 1.32. The fourth-order valence-electron chi connectivity index (χ4n) is 3.33. The minimum atomic E-state index is 0.331. The molecular formula is C15H29N3O. The molecule has 0 aromatic heterocycles. The Morgan fingerprint density at radius 2 is 2.05 bits per heavy atom. The zero-order chi connectivity index (χ0) is 13.7. The van der Waals surface area contributed by atoms with Gasteiger partial charge in [-0.2, -0.15) is 0 Å². The van der Waals surface area contributed by atoms with E-state index in [0.717, 1.165) is 38.6 Å². The molecule has 2 atom stereocenters. The van der Waals surface area contributed by atoms with Gasteiger partial charge in [-0.15, -0.1) is 0 Å². The molecule has 1 amide bonds. The molecule has 0 bridgehead atoms. The van der Waals surface area contributed by atoms with E-state index >= 15 is 0 Å². The maximum Gasteiger partial charge on any atom is 0.223 e. The highest BCUT2D eigenvalue weighted by molar-refractivity contribution is 5.76. The zero-order valence-electron chi connectivity index (χ0n) is 12.5. The average Bonchev–Trinajstić information content (AvgIpc) is 2.45. The summed E-state index contributed by atoms with van der Waals surface area (Å²) in [6.07, 6.45) is 6.02. The van der Waals surface area contributed by atoms with Crippen molar-refractivity contribution < 1.29 is 4.79 Å². The molecule has 1 saturated carbocycles. The second kappa shape index (κ2) is 7.25. The lowest BCUT2D eigenvalue weighted by molar-refractivity contribution is -0.132. The van der Waals surface area contributed by atoms with Crippen molar-refractivity contribution in [3.63, 3.8) is 0 Å². The highest BCUT2D eigenvalue weighted by Crippen LogP contribution is 2.26. The lowest BCUT2D eigenvalue weighted by Crippen LogP contribution is -2.47. The molecule has 1 saturated heterocycles. The molecule has 2 aliphatic rings. The van der Waals surface area contributed by atoms with Gasteiger partial charge in [0.1, 0.15) is 0 Å². The first-order valence-corrected chi connectivity index (χ1v) is 7.85. The molecular weight excluding hydrogens is 238 g/mol. The lowest BCUT2D eigenvalue weighted by atomic mass is 9.86. The van der Waals surface area contributed by atoms with Crippen molar-refractivity contribution in [3.05, 3.63) is 0 Å². The Labute approximate surface area is 117 Å². The van der Waals surface area contributed by atoms with Crippen LogP contribution in [0.3, 0.4) is 0 Å². The molecule has 4 heteroatoms. The molecule has 1 N–H and O–H groups in total. The zero-order valence-corrected chi connectivity index (χ0v) is 12.5. The number of carbonyl (C=O) groups excluding carboxylic acids is 1. The number of nitrogens with one attached hydrogen (secondary N) is 1. The van der Waals surface area contributed by atoms with Gasteiger partial charge in [-0.25, -0.2) is 0 Å². The van der Waals surface area contributed by atoms with Crippen LogP contribution >= 0.6 is 0 Å². The van der Waals surface area contributed by atoms with E-state index < -0.39 is 0 Å². The number of carbonyl (C=O) groups is 1. The van der Waals surface area contributed by atoms with Crippen LogP contribution < -0.4 is 5.32 Å². The first kappa shape index (κ1) is 14.8. The number of hydrogen-bond acceptors (Lipinski definition) is 3. The number of amides is 1. The molecule has 1 aliphatic heterocycles. The number of rotatable bonds is 4. The Bertz CT molecular complexity index is 289. The largest absolute Gasteiger partial charge is 0.340 e. The summed E-state index contributed by atoms with van der Waals surface area (Å²) in [4.78, 5) is 16.5. The van der Waals surface area contributed by atoms with Gasteiger partial charge in [0.05, 0.1) is 0 Å². The molecule has 4 nitrogen and oxygen atoms in total. The molecule has 0 aromatic rings. The van der Waals surface area contributed by atoms with Gasteiger partial charge in [0, 0.05) is 45.2 Å². The van der Waals surface area contributed by atoms with Crippen molar-refractivity contribution in [2.45, 2.75) is 45.1 Å². The second-order valence-corrected chi connectivity index (χ2v) is 6.29. The van der Waals surface area contributed by atoms with Crippen molar-refractivity contribution in [2.24, 2.45) is 5.92 Å². The first-order chi connectivity index (χ1) is 9.16. The van der Waals surface area contributed by atoms with E-state index in [1.807, 2.05) is 4.90 Å². The summed E-state index contributed by atoms with van der Waals surface area (Å²) >= 11 is 0. The summed E-state index contributed by atoms with van der Waals surface area (Å²) in [6.45, 7) is 6.92. The monoisotopic (exact) mass is 267 g/mol. The Hall–Kier alpha value is -0.610. The van der Waals surface area contributed by atoms with Crippen molar-refractivity contribution in [3.8, 4) is 0 Å². The minimum Gasteiger partial charge on any atom is -0.340 e. The maximum atomic E-state index is 12.1. The van der Waals surface area contributed by atoms with Crippen molar-refractivity contribution in [1.82, 2.24) is 15.1 Å². The van der Waals surface area contributed by atoms with Crippen LogP contribution in [0.25, 0.3) is 0 Å². The second-order valence-electron chi connectivity index (χ2n) is 6.29. The van der Waals surface area contributed by atoms with Gasteiger partial charge in [0.2, 0.25) is 5.91 Å². The summed E-state index contributed by atoms with van der Waals surface area (Å²) in [7, 11) is 2.19. The van der Waals surface area contributed by atoms with Crippen LogP contribution in [0.4, 0.5) is 0 Å². The van der Waals surface area contributed by atoms with Gasteiger partial charge >= 0.3 is 0 Å². The Kier molecular flexibility index (Phi) is 5.64. The van der Waals surface area contributed by atoms with Gasteiger partial charge in [0.25, 0.3) is 0 Å². The molecule has 2 unspecified atom stereocenters. The third kappa shape index (κ3) is 4.46. The van der Waals surface area contributed by atoms with Crippen LogP contribution in [0.2, 0.25) is 0 Å². The van der Waals surface area contributed by atoms with Crippen LogP contribution in [0.1, 0.15) is 39.0 Å². The van der Waals surface area contributed by atoms with Crippen LogP contribution in [-0.2, 0) is 4.79 Å². The standard InChI is InChI=1S/C15H29N3O/c1-13-4-3-5-14(12-13)17(2)9-6-15(19)18-10-7-16-8-11-18/h13-14,16H,3-12H2,1-2H3. The summed E-state index contributed by atoms with van der Waals surface area (Å²) in [5.74, 6) is 1.18. The molecule has 2 rings (SSSR count). The summed E-state index contributed by atoms with van der Waals surface area (Å²) in [6, 6.07) is 0.694. The number of hydrogen-bond donors (Lipinski definition) is 1. The van der Waals surface area contributed by atoms with Crippen LogP contribution in [0, 0.1) is 5.92 Å². The minimum absolute atomic E-state index is 0.331. The lowest BCUT2D eigenvalue weighted by Gasteiger charge is -2.34. The molecule has 0 aromatic carbocycles. The predicted molar refractivity (Wildman–Crippen MR) is 78.1 cm³/mol. The summed E-state index contributed by atoms with van der Waals surface area (Å²) in [5, 5.41) is 3.29. The fourth-order valence-corrected chi connectivity index (χ4v) is 3.33. The Morgan fingerprint density at radius 3 is 2.74 bits per heavy atom. The van der Waals surface area contributed by atoms with E-state index in [-0.39, 0.29) is 0 Å². The Morgan fingerprint density at radius 1 is 1.32 bits per heavy atom. The highest BCUT2D eigenvalue weighted by atomic mass is 16.2. The quantitative estimate of drug-likeness (QED) is 0.834. The molecule has 0 spiro atoms. The normalized spacial score (nSPS) is 28.7. The van der Waals surface area contributed by atoms with Gasteiger partial charge < -0.3 is 15.1 Å². The fraction of sp³-hybridized carbons (Fsp3) is 0.933. The summed E-state index contributed by atoms with van der Waals surface area (Å²) < 4.78 is 0. The van der Waals surface area contributed by atoms with E-state index in [1.165, 1.54) is 25.7 Å². The topological polar surface area (TPSA) is 35.6 Å². The van der Waals surface area contributed by atoms with E-state index in [9.17, 15) is 4.79 Å². The molecule has 110 valence electrons. The molecule has 1 aliphatic carbocycles. The SMILES string of the molecule is CC1CCCC(N(C)CCC(=O)N2CCNCC2)C1. The Balaban J connectivity index is 1.70. The van der Waals surface area contributed by atoms with Crippen LogP contribution in [0.15, 0.2) is 0 Å². The van der Waals surface area contributed by atoms with Crippen molar-refractivity contribution >= 4 is 5.91 Å². The molecule has 19 heavy (non-hydrogen) atoms. The van der Waals surface area contributed by atoms with Gasteiger partial charge in [-0.3, -0.25) is 4.79 Å².